The molecule has 1 aromatic heterocycles. The van der Waals surface area contributed by atoms with Crippen molar-refractivity contribution in [3.63, 3.8) is 0 Å². The predicted octanol–water partition coefficient (Wildman–Crippen LogP) is 1.57. The van der Waals surface area contributed by atoms with E-state index in [0.29, 0.717) is 24.9 Å². The van der Waals surface area contributed by atoms with Crippen LogP contribution in [-0.4, -0.2) is 36.6 Å². The summed E-state index contributed by atoms with van der Waals surface area (Å²) in [5.74, 6) is 1.06. The van der Waals surface area contributed by atoms with Crippen molar-refractivity contribution in [3.8, 4) is 0 Å². The van der Waals surface area contributed by atoms with Crippen LogP contribution in [0.15, 0.2) is 18.5 Å². The van der Waals surface area contributed by atoms with Gasteiger partial charge in [-0.3, -0.25) is 0 Å². The summed E-state index contributed by atoms with van der Waals surface area (Å²) in [7, 11) is -3.06. The average Bonchev–Trinajstić information content (AvgIpc) is 3.18. The first kappa shape index (κ1) is 15.1. The number of nitrogens with two attached hydrogens (primary N) is 1. The van der Waals surface area contributed by atoms with Crippen molar-refractivity contribution in [3.05, 3.63) is 24.0 Å². The van der Waals surface area contributed by atoms with Gasteiger partial charge in [0.15, 0.2) is 0 Å². The van der Waals surface area contributed by atoms with Gasteiger partial charge >= 0.3 is 0 Å². The molecule has 5 nitrogen and oxygen atoms in total. The van der Waals surface area contributed by atoms with Crippen molar-refractivity contribution in [1.29, 1.82) is 0 Å². The Morgan fingerprint density at radius 3 is 2.81 bits per heavy atom. The minimum Gasteiger partial charge on any atom is -0.354 e. The van der Waals surface area contributed by atoms with E-state index in [1.54, 1.807) is 4.31 Å². The Balaban J connectivity index is 1.61. The van der Waals surface area contributed by atoms with E-state index in [-0.39, 0.29) is 6.04 Å². The summed E-state index contributed by atoms with van der Waals surface area (Å²) < 4.78 is 27.1. The van der Waals surface area contributed by atoms with Crippen molar-refractivity contribution in [2.45, 2.75) is 38.3 Å². The lowest BCUT2D eigenvalue weighted by atomic mass is 10.00. The molecule has 1 aliphatic heterocycles. The Morgan fingerprint density at radius 1 is 1.38 bits per heavy atom. The molecule has 2 heterocycles. The molecule has 6 heteroatoms. The highest BCUT2D eigenvalue weighted by Gasteiger charge is 2.30. The van der Waals surface area contributed by atoms with E-state index in [1.807, 2.05) is 0 Å². The minimum absolute atomic E-state index is 0.171. The third kappa shape index (κ3) is 3.67. The number of aromatic nitrogens is 1. The first-order valence-electron chi connectivity index (χ1n) is 7.80. The molecule has 2 N–H and O–H groups in total. The molecule has 118 valence electrons. The molecular weight excluding hydrogens is 286 g/mol. The molecule has 0 amide bonds. The Morgan fingerprint density at radius 2 is 2.14 bits per heavy atom. The molecule has 1 aromatic rings. The molecule has 1 saturated heterocycles. The van der Waals surface area contributed by atoms with Crippen LogP contribution in [0.1, 0.15) is 37.3 Å². The molecule has 2 fully saturated rings. The van der Waals surface area contributed by atoms with E-state index in [2.05, 4.69) is 23.0 Å². The van der Waals surface area contributed by atoms with Crippen LogP contribution in [0.5, 0.6) is 0 Å². The zero-order valence-corrected chi connectivity index (χ0v) is 13.4. The summed E-state index contributed by atoms with van der Waals surface area (Å²) in [5, 5.41) is 0. The summed E-state index contributed by atoms with van der Waals surface area (Å²) in [6.45, 7) is 2.18. The molecular formula is C15H25N3O2S. The lowest BCUT2D eigenvalue weighted by Crippen LogP contribution is -2.40. The van der Waals surface area contributed by atoms with E-state index in [1.165, 1.54) is 24.7 Å². The number of hydrogen-bond acceptors (Lipinski definition) is 3. The molecule has 0 radical (unpaired) electrons. The van der Waals surface area contributed by atoms with Gasteiger partial charge in [-0.2, -0.15) is 0 Å². The Bertz CT molecular complexity index is 592. The predicted molar refractivity (Wildman–Crippen MR) is 83.2 cm³/mol. The van der Waals surface area contributed by atoms with Gasteiger partial charge < -0.3 is 10.3 Å². The molecule has 0 bridgehead atoms. The van der Waals surface area contributed by atoms with Gasteiger partial charge in [-0.1, -0.05) is 0 Å². The van der Waals surface area contributed by atoms with E-state index in [9.17, 15) is 8.42 Å². The molecule has 2 atom stereocenters. The van der Waals surface area contributed by atoms with Gasteiger partial charge in [0.2, 0.25) is 10.0 Å². The second kappa shape index (κ2) is 5.74. The van der Waals surface area contributed by atoms with Crippen LogP contribution in [0.25, 0.3) is 0 Å². The molecule has 2 unspecified atom stereocenters. The van der Waals surface area contributed by atoms with Crippen molar-refractivity contribution >= 4 is 10.0 Å². The maximum atomic E-state index is 11.7. The molecule has 1 saturated carbocycles. The fraction of sp³-hybridized carbons (Fsp3) is 0.733. The van der Waals surface area contributed by atoms with Gasteiger partial charge in [-0.05, 0) is 49.1 Å². The summed E-state index contributed by atoms with van der Waals surface area (Å²) in [6, 6.07) is 2.28. The highest BCUT2D eigenvalue weighted by atomic mass is 32.2. The lowest BCUT2D eigenvalue weighted by Gasteiger charge is -2.31. The van der Waals surface area contributed by atoms with E-state index < -0.39 is 10.0 Å². The minimum atomic E-state index is -3.06. The zero-order valence-electron chi connectivity index (χ0n) is 12.6. The number of rotatable bonds is 5. The van der Waals surface area contributed by atoms with Crippen LogP contribution in [-0.2, 0) is 16.6 Å². The van der Waals surface area contributed by atoms with Gasteiger partial charge in [0, 0.05) is 38.1 Å². The van der Waals surface area contributed by atoms with E-state index in [0.717, 1.165) is 19.4 Å². The maximum Gasteiger partial charge on any atom is 0.211 e. The fourth-order valence-electron chi connectivity index (χ4n) is 3.27. The number of sulfonamides is 1. The van der Waals surface area contributed by atoms with Gasteiger partial charge in [-0.25, -0.2) is 12.7 Å². The second-order valence-electron chi connectivity index (χ2n) is 6.63. The molecule has 2 aliphatic rings. The summed E-state index contributed by atoms with van der Waals surface area (Å²) in [5.41, 5.74) is 7.44. The average molecular weight is 311 g/mol. The SMILES string of the molecule is CS(=O)(=O)N1CCCC(Cn2ccc(C(N)C3CC3)c2)C1. The topological polar surface area (TPSA) is 68.3 Å². The van der Waals surface area contributed by atoms with Crippen LogP contribution in [0, 0.1) is 11.8 Å². The van der Waals surface area contributed by atoms with Gasteiger partial charge in [0.25, 0.3) is 0 Å². The molecule has 1 aliphatic carbocycles. The summed E-state index contributed by atoms with van der Waals surface area (Å²) >= 11 is 0. The highest BCUT2D eigenvalue weighted by Crippen LogP contribution is 2.39. The standard InChI is InChI=1S/C15H25N3O2S/c1-21(19,20)18-7-2-3-12(10-18)9-17-8-6-14(11-17)15(16)13-4-5-13/h6,8,11-13,15H,2-5,7,9-10,16H2,1H3. The maximum absolute atomic E-state index is 11.7. The Kier molecular flexibility index (Phi) is 4.12. The normalized spacial score (nSPS) is 25.9. The van der Waals surface area contributed by atoms with Crippen molar-refractivity contribution in [1.82, 2.24) is 8.87 Å². The van der Waals surface area contributed by atoms with Crippen molar-refractivity contribution < 1.29 is 8.42 Å². The quantitative estimate of drug-likeness (QED) is 0.897. The van der Waals surface area contributed by atoms with Crippen LogP contribution in [0.2, 0.25) is 0 Å². The first-order chi connectivity index (χ1) is 9.93. The third-order valence-corrected chi connectivity index (χ3v) is 5.98. The van der Waals surface area contributed by atoms with Gasteiger partial charge in [-0.15, -0.1) is 0 Å². The van der Waals surface area contributed by atoms with E-state index >= 15 is 0 Å². The largest absolute Gasteiger partial charge is 0.354 e. The Hall–Kier alpha value is -0.850. The molecule has 0 aromatic carbocycles. The lowest BCUT2D eigenvalue weighted by molar-refractivity contribution is 0.246. The monoisotopic (exact) mass is 311 g/mol. The first-order valence-corrected chi connectivity index (χ1v) is 9.64. The van der Waals surface area contributed by atoms with E-state index in [4.69, 9.17) is 5.73 Å². The molecule has 3 rings (SSSR count). The molecule has 0 spiro atoms. The van der Waals surface area contributed by atoms with Crippen LogP contribution in [0.4, 0.5) is 0 Å². The third-order valence-electron chi connectivity index (χ3n) is 4.71. The summed E-state index contributed by atoms with van der Waals surface area (Å²) in [6.07, 6.45) is 10.1. The van der Waals surface area contributed by atoms with Crippen LogP contribution < -0.4 is 5.73 Å². The van der Waals surface area contributed by atoms with Crippen molar-refractivity contribution in [2.24, 2.45) is 17.6 Å². The van der Waals surface area contributed by atoms with Crippen LogP contribution in [0.3, 0.4) is 0 Å². The van der Waals surface area contributed by atoms with Gasteiger partial charge in [0.1, 0.15) is 0 Å². The Labute approximate surface area is 127 Å². The smallest absolute Gasteiger partial charge is 0.211 e. The second-order valence-corrected chi connectivity index (χ2v) is 8.62. The highest BCUT2D eigenvalue weighted by molar-refractivity contribution is 7.88. The number of hydrogen-bond donors (Lipinski definition) is 1. The van der Waals surface area contributed by atoms with Crippen molar-refractivity contribution in [2.75, 3.05) is 19.3 Å². The summed E-state index contributed by atoms with van der Waals surface area (Å²) in [4.78, 5) is 0. The fourth-order valence-corrected chi connectivity index (χ4v) is 4.22. The zero-order chi connectivity index (χ0) is 15.0. The number of nitrogens with zero attached hydrogens (tertiary/aromatic N) is 2. The van der Waals surface area contributed by atoms with Gasteiger partial charge in [0.05, 0.1) is 6.26 Å². The van der Waals surface area contributed by atoms with Crippen LogP contribution >= 0.6 is 0 Å². The number of piperidine rings is 1. The molecule has 21 heavy (non-hydrogen) atoms.